The normalized spacial score (nSPS) is 10.1. The lowest BCUT2D eigenvalue weighted by molar-refractivity contribution is -0.386. The zero-order valence-corrected chi connectivity index (χ0v) is 9.10. The highest BCUT2D eigenvalue weighted by atomic mass is 127. The second kappa shape index (κ2) is 4.43. The average molecular weight is 325 g/mol. The number of alkyl halides is 2. The van der Waals surface area contributed by atoms with Gasteiger partial charge in [-0.15, -0.1) is 0 Å². The van der Waals surface area contributed by atoms with Crippen LogP contribution in [0.3, 0.4) is 0 Å². The molecule has 5 nitrogen and oxygen atoms in total. The Balaban J connectivity index is 3.49. The van der Waals surface area contributed by atoms with Crippen LogP contribution in [0.4, 0.5) is 14.5 Å². The van der Waals surface area contributed by atoms with Gasteiger partial charge in [-0.1, -0.05) is 0 Å². The molecule has 78 valence electrons. The van der Waals surface area contributed by atoms with Gasteiger partial charge in [-0.25, -0.2) is 13.8 Å². The number of pyridine rings is 1. The van der Waals surface area contributed by atoms with E-state index in [-0.39, 0.29) is 3.57 Å². The third-order valence-corrected chi connectivity index (χ3v) is 2.59. The van der Waals surface area contributed by atoms with Crippen molar-refractivity contribution in [3.63, 3.8) is 0 Å². The summed E-state index contributed by atoms with van der Waals surface area (Å²) in [7, 11) is 0. The van der Waals surface area contributed by atoms with Crippen molar-refractivity contribution in [2.24, 2.45) is 0 Å². The zero-order valence-electron chi connectivity index (χ0n) is 6.95. The van der Waals surface area contributed by atoms with E-state index in [0.717, 1.165) is 6.07 Å². The molecule has 0 aliphatic heterocycles. The summed E-state index contributed by atoms with van der Waals surface area (Å²) >= 11 is 1.41. The van der Waals surface area contributed by atoms with E-state index >= 15 is 0 Å². The largest absolute Gasteiger partial charge is 0.287 e. The molecule has 1 heterocycles. The van der Waals surface area contributed by atoms with Crippen molar-refractivity contribution in [2.45, 2.75) is 6.43 Å². The summed E-state index contributed by atoms with van der Waals surface area (Å²) in [4.78, 5) is 13.0. The lowest BCUT2D eigenvalue weighted by atomic mass is 10.3. The molecule has 0 spiro atoms. The van der Waals surface area contributed by atoms with Crippen LogP contribution < -0.4 is 0 Å². The second-order valence-corrected chi connectivity index (χ2v) is 3.47. The van der Waals surface area contributed by atoms with Crippen LogP contribution in [0.2, 0.25) is 0 Å². The fraction of sp³-hybridized carbons (Fsp3) is 0.143. The molecule has 0 fully saturated rings. The smallest absolute Gasteiger partial charge is 0.258 e. The van der Waals surface area contributed by atoms with Gasteiger partial charge in [0, 0.05) is 0 Å². The predicted molar refractivity (Wildman–Crippen MR) is 53.3 cm³/mol. The molecule has 0 bridgehead atoms. The first-order chi connectivity index (χ1) is 6.97. The third kappa shape index (κ3) is 2.35. The first-order valence-electron chi connectivity index (χ1n) is 3.50. The van der Waals surface area contributed by atoms with Gasteiger partial charge in [0.15, 0.2) is 0 Å². The summed E-state index contributed by atoms with van der Waals surface area (Å²) in [5, 5.41) is 18.9. The minimum Gasteiger partial charge on any atom is -0.258 e. The molecule has 1 rings (SSSR count). The Morgan fingerprint density at radius 1 is 1.67 bits per heavy atom. The lowest BCUT2D eigenvalue weighted by Gasteiger charge is -2.03. The van der Waals surface area contributed by atoms with Crippen LogP contribution in [0.25, 0.3) is 0 Å². The average Bonchev–Trinajstić information content (AvgIpc) is 2.17. The van der Waals surface area contributed by atoms with Crippen molar-refractivity contribution in [3.8, 4) is 6.07 Å². The van der Waals surface area contributed by atoms with E-state index in [0.29, 0.717) is 0 Å². The molecule has 0 aliphatic rings. The van der Waals surface area contributed by atoms with Gasteiger partial charge in [0.1, 0.15) is 21.0 Å². The number of nitrogens with zero attached hydrogens (tertiary/aromatic N) is 3. The molecule has 0 saturated heterocycles. The van der Waals surface area contributed by atoms with Gasteiger partial charge < -0.3 is 0 Å². The number of halogens is 3. The van der Waals surface area contributed by atoms with Gasteiger partial charge in [-0.05, 0) is 22.6 Å². The molecule has 0 N–H and O–H groups in total. The van der Waals surface area contributed by atoms with Crippen LogP contribution >= 0.6 is 22.6 Å². The first kappa shape index (κ1) is 11.7. The molecule has 0 amide bonds. The minimum absolute atomic E-state index is 0.244. The summed E-state index contributed by atoms with van der Waals surface area (Å²) in [5.41, 5.74) is -1.66. The number of rotatable bonds is 2. The van der Waals surface area contributed by atoms with E-state index in [2.05, 4.69) is 4.98 Å². The van der Waals surface area contributed by atoms with Crippen LogP contribution in [0.5, 0.6) is 0 Å². The van der Waals surface area contributed by atoms with Gasteiger partial charge in [-0.2, -0.15) is 5.26 Å². The first-order valence-corrected chi connectivity index (χ1v) is 4.58. The van der Waals surface area contributed by atoms with E-state index < -0.39 is 28.4 Å². The molecule has 8 heteroatoms. The van der Waals surface area contributed by atoms with E-state index in [1.807, 2.05) is 0 Å². The highest BCUT2D eigenvalue weighted by molar-refractivity contribution is 14.1. The Morgan fingerprint density at radius 2 is 2.27 bits per heavy atom. The maximum Gasteiger partial charge on any atom is 0.287 e. The molecule has 0 atom stereocenters. The molecule has 1 aromatic heterocycles. The fourth-order valence-corrected chi connectivity index (χ4v) is 1.58. The third-order valence-electron chi connectivity index (χ3n) is 1.48. The Hall–Kier alpha value is -1.37. The van der Waals surface area contributed by atoms with Crippen LogP contribution in [0.1, 0.15) is 17.8 Å². The number of nitriles is 1. The van der Waals surface area contributed by atoms with E-state index in [4.69, 9.17) is 5.26 Å². The standard InChI is InChI=1S/C7H2F2IN3O2/c8-7(9)6-5(10)4(13(14)15)1-3(2-11)12-6/h1,7H. The number of nitro groups is 1. The molecule has 0 aliphatic carbocycles. The Morgan fingerprint density at radius 3 is 2.67 bits per heavy atom. The van der Waals surface area contributed by atoms with E-state index in [9.17, 15) is 18.9 Å². The van der Waals surface area contributed by atoms with Crippen molar-refractivity contribution < 1.29 is 13.7 Å². The summed E-state index contributed by atoms with van der Waals surface area (Å²) in [6, 6.07) is 2.36. The molecule has 1 aromatic rings. The molecule has 0 aromatic carbocycles. The Kier molecular flexibility index (Phi) is 3.46. The van der Waals surface area contributed by atoms with Crippen LogP contribution in [0.15, 0.2) is 6.07 Å². The van der Waals surface area contributed by atoms with Crippen LogP contribution in [-0.4, -0.2) is 9.91 Å². The van der Waals surface area contributed by atoms with Gasteiger partial charge in [-0.3, -0.25) is 10.1 Å². The maximum atomic E-state index is 12.4. The second-order valence-electron chi connectivity index (χ2n) is 2.40. The summed E-state index contributed by atoms with van der Waals surface area (Å²) < 4.78 is 24.5. The SMILES string of the molecule is N#Cc1cc([N+](=O)[O-])c(I)c(C(F)F)n1. The molecule has 0 radical (unpaired) electrons. The molecular formula is C7H2F2IN3O2. The highest BCUT2D eigenvalue weighted by Gasteiger charge is 2.24. The van der Waals surface area contributed by atoms with Crippen LogP contribution in [0, 0.1) is 25.0 Å². The maximum absolute atomic E-state index is 12.4. The van der Waals surface area contributed by atoms with Crippen molar-refractivity contribution >= 4 is 28.3 Å². The minimum atomic E-state index is -2.94. The zero-order chi connectivity index (χ0) is 11.6. The van der Waals surface area contributed by atoms with E-state index in [1.54, 1.807) is 0 Å². The number of hydrogen-bond acceptors (Lipinski definition) is 4. The van der Waals surface area contributed by atoms with Crippen molar-refractivity contribution in [1.29, 1.82) is 5.26 Å². The number of hydrogen-bond donors (Lipinski definition) is 0. The topological polar surface area (TPSA) is 79.8 Å². The van der Waals surface area contributed by atoms with Gasteiger partial charge >= 0.3 is 0 Å². The Labute approximate surface area is 96.0 Å². The van der Waals surface area contributed by atoms with Crippen molar-refractivity contribution in [1.82, 2.24) is 4.98 Å². The molecule has 15 heavy (non-hydrogen) atoms. The summed E-state index contributed by atoms with van der Waals surface area (Å²) in [6.45, 7) is 0. The monoisotopic (exact) mass is 325 g/mol. The van der Waals surface area contributed by atoms with Gasteiger partial charge in [0.05, 0.1) is 11.0 Å². The van der Waals surface area contributed by atoms with Gasteiger partial charge in [0.2, 0.25) is 0 Å². The lowest BCUT2D eigenvalue weighted by Crippen LogP contribution is -2.02. The summed E-state index contributed by atoms with van der Waals surface area (Å²) in [5.74, 6) is 0. The predicted octanol–water partition coefficient (Wildman–Crippen LogP) is 2.40. The van der Waals surface area contributed by atoms with E-state index in [1.165, 1.54) is 28.7 Å². The van der Waals surface area contributed by atoms with Gasteiger partial charge in [0.25, 0.3) is 12.1 Å². The van der Waals surface area contributed by atoms with Crippen molar-refractivity contribution in [3.05, 3.63) is 31.1 Å². The molecular weight excluding hydrogens is 323 g/mol. The van der Waals surface area contributed by atoms with Crippen LogP contribution in [-0.2, 0) is 0 Å². The summed E-state index contributed by atoms with van der Waals surface area (Å²) in [6.07, 6.45) is -2.94. The quantitative estimate of drug-likeness (QED) is 0.475. The molecule has 0 unspecified atom stereocenters. The molecule has 0 saturated carbocycles. The highest BCUT2D eigenvalue weighted by Crippen LogP contribution is 2.30. The Bertz CT molecular complexity index is 458. The van der Waals surface area contributed by atoms with Crippen molar-refractivity contribution in [2.75, 3.05) is 0 Å². The fourth-order valence-electron chi connectivity index (χ4n) is 0.870. The number of aromatic nitrogens is 1.